The maximum absolute atomic E-state index is 10.7. The number of aromatic nitrogens is 3. The molecule has 0 saturated carbocycles. The number of aromatic carboxylic acids is 1. The van der Waals surface area contributed by atoms with Crippen LogP contribution in [0.25, 0.3) is 5.69 Å². The molecule has 0 bridgehead atoms. The van der Waals surface area contributed by atoms with Crippen LogP contribution in [-0.2, 0) is 0 Å². The van der Waals surface area contributed by atoms with Crippen molar-refractivity contribution in [1.82, 2.24) is 14.8 Å². The normalized spacial score (nSPS) is 10.5. The van der Waals surface area contributed by atoms with Gasteiger partial charge < -0.3 is 5.11 Å². The molecule has 0 radical (unpaired) electrons. The molecule has 1 N–H and O–H groups in total. The molecule has 0 unspecified atom stereocenters. The number of nitrogens with zero attached hydrogens (tertiary/aromatic N) is 3. The van der Waals surface area contributed by atoms with Gasteiger partial charge in [-0.1, -0.05) is 0 Å². The SMILES string of the molecule is Cc1nn(-c2ccc(C(=O)O)nc2)c(C)c1Br. The first-order valence-electron chi connectivity index (χ1n) is 4.92. The largest absolute Gasteiger partial charge is 0.477 e. The smallest absolute Gasteiger partial charge is 0.354 e. The van der Waals surface area contributed by atoms with Crippen LogP contribution < -0.4 is 0 Å². The molecule has 0 aliphatic rings. The minimum Gasteiger partial charge on any atom is -0.477 e. The van der Waals surface area contributed by atoms with Crippen molar-refractivity contribution in [3.8, 4) is 5.69 Å². The lowest BCUT2D eigenvalue weighted by atomic mass is 10.3. The molecule has 0 aliphatic carbocycles. The molecule has 17 heavy (non-hydrogen) atoms. The Bertz CT molecular complexity index is 575. The Kier molecular flexibility index (Phi) is 2.97. The van der Waals surface area contributed by atoms with E-state index in [1.54, 1.807) is 10.7 Å². The predicted molar refractivity (Wildman–Crippen MR) is 65.5 cm³/mol. The van der Waals surface area contributed by atoms with Crippen LogP contribution in [0, 0.1) is 13.8 Å². The lowest BCUT2D eigenvalue weighted by Gasteiger charge is -2.03. The summed E-state index contributed by atoms with van der Waals surface area (Å²) in [6, 6.07) is 3.14. The Morgan fingerprint density at radius 2 is 2.12 bits per heavy atom. The second kappa shape index (κ2) is 4.29. The van der Waals surface area contributed by atoms with E-state index in [2.05, 4.69) is 26.0 Å². The number of hydrogen-bond acceptors (Lipinski definition) is 3. The molecule has 2 aromatic heterocycles. The molecule has 6 heteroatoms. The summed E-state index contributed by atoms with van der Waals surface area (Å²) < 4.78 is 2.66. The second-order valence-corrected chi connectivity index (χ2v) is 4.40. The quantitative estimate of drug-likeness (QED) is 0.923. The van der Waals surface area contributed by atoms with Gasteiger partial charge >= 0.3 is 5.97 Å². The second-order valence-electron chi connectivity index (χ2n) is 3.60. The summed E-state index contributed by atoms with van der Waals surface area (Å²) in [5.41, 5.74) is 2.59. The van der Waals surface area contributed by atoms with Gasteiger partial charge in [0.1, 0.15) is 5.69 Å². The molecular formula is C11H10BrN3O2. The molecule has 2 heterocycles. The third-order valence-electron chi connectivity index (χ3n) is 2.41. The summed E-state index contributed by atoms with van der Waals surface area (Å²) in [5.74, 6) is -1.04. The van der Waals surface area contributed by atoms with Gasteiger partial charge in [0.05, 0.1) is 27.7 Å². The molecule has 0 amide bonds. The number of halogens is 1. The molecule has 2 rings (SSSR count). The number of carboxylic acid groups (broad SMARTS) is 1. The van der Waals surface area contributed by atoms with Crippen molar-refractivity contribution in [2.24, 2.45) is 0 Å². The Labute approximate surface area is 106 Å². The third kappa shape index (κ3) is 2.08. The summed E-state index contributed by atoms with van der Waals surface area (Å²) in [6.07, 6.45) is 1.50. The van der Waals surface area contributed by atoms with Crippen LogP contribution in [0.3, 0.4) is 0 Å². The highest BCUT2D eigenvalue weighted by atomic mass is 79.9. The highest BCUT2D eigenvalue weighted by molar-refractivity contribution is 9.10. The van der Waals surface area contributed by atoms with Gasteiger partial charge in [0, 0.05) is 0 Å². The lowest BCUT2D eigenvalue weighted by molar-refractivity contribution is 0.0690. The molecule has 0 aromatic carbocycles. The summed E-state index contributed by atoms with van der Waals surface area (Å²) in [7, 11) is 0. The van der Waals surface area contributed by atoms with Crippen molar-refractivity contribution in [3.63, 3.8) is 0 Å². The molecule has 0 atom stereocenters. The van der Waals surface area contributed by atoms with Crippen LogP contribution in [0.2, 0.25) is 0 Å². The van der Waals surface area contributed by atoms with E-state index < -0.39 is 5.97 Å². The fourth-order valence-electron chi connectivity index (χ4n) is 1.51. The molecule has 0 saturated heterocycles. The van der Waals surface area contributed by atoms with Crippen molar-refractivity contribution in [2.45, 2.75) is 13.8 Å². The van der Waals surface area contributed by atoms with Crippen molar-refractivity contribution in [2.75, 3.05) is 0 Å². The number of carbonyl (C=O) groups is 1. The molecule has 2 aromatic rings. The Balaban J connectivity index is 2.47. The highest BCUT2D eigenvalue weighted by Crippen LogP contribution is 2.22. The van der Waals surface area contributed by atoms with E-state index in [4.69, 9.17) is 5.11 Å². The van der Waals surface area contributed by atoms with Gasteiger partial charge in [0.25, 0.3) is 0 Å². The average molecular weight is 296 g/mol. The zero-order valence-corrected chi connectivity index (χ0v) is 10.9. The highest BCUT2D eigenvalue weighted by Gasteiger charge is 2.11. The van der Waals surface area contributed by atoms with E-state index in [-0.39, 0.29) is 5.69 Å². The van der Waals surface area contributed by atoms with Crippen LogP contribution in [0.1, 0.15) is 21.9 Å². The van der Waals surface area contributed by atoms with E-state index in [1.807, 2.05) is 13.8 Å². The number of hydrogen-bond donors (Lipinski definition) is 1. The van der Waals surface area contributed by atoms with Gasteiger partial charge in [-0.05, 0) is 41.9 Å². The van der Waals surface area contributed by atoms with Gasteiger partial charge in [-0.15, -0.1) is 0 Å². The maximum Gasteiger partial charge on any atom is 0.354 e. The zero-order valence-electron chi connectivity index (χ0n) is 9.31. The zero-order chi connectivity index (χ0) is 12.6. The molecular weight excluding hydrogens is 286 g/mol. The van der Waals surface area contributed by atoms with Crippen LogP contribution in [0.15, 0.2) is 22.8 Å². The standard InChI is InChI=1S/C11H10BrN3O2/c1-6-10(12)7(2)15(14-6)8-3-4-9(11(16)17)13-5-8/h3-5H,1-2H3,(H,16,17). The van der Waals surface area contributed by atoms with Gasteiger partial charge in [0.15, 0.2) is 0 Å². The fraction of sp³-hybridized carbons (Fsp3) is 0.182. The first-order valence-corrected chi connectivity index (χ1v) is 5.71. The van der Waals surface area contributed by atoms with Crippen molar-refractivity contribution >= 4 is 21.9 Å². The molecule has 0 fully saturated rings. The van der Waals surface area contributed by atoms with Crippen molar-refractivity contribution in [3.05, 3.63) is 39.9 Å². The van der Waals surface area contributed by atoms with Crippen LogP contribution in [0.5, 0.6) is 0 Å². The third-order valence-corrected chi connectivity index (χ3v) is 3.56. The minimum atomic E-state index is -1.04. The number of rotatable bonds is 2. The predicted octanol–water partition coefficient (Wildman–Crippen LogP) is 2.34. The van der Waals surface area contributed by atoms with E-state index in [9.17, 15) is 4.79 Å². The van der Waals surface area contributed by atoms with Gasteiger partial charge in [0.2, 0.25) is 0 Å². The number of aryl methyl sites for hydroxylation is 1. The topological polar surface area (TPSA) is 68.0 Å². The van der Waals surface area contributed by atoms with Crippen molar-refractivity contribution < 1.29 is 9.90 Å². The van der Waals surface area contributed by atoms with E-state index >= 15 is 0 Å². The van der Waals surface area contributed by atoms with Gasteiger partial charge in [-0.25, -0.2) is 14.5 Å². The summed E-state index contributed by atoms with van der Waals surface area (Å²) in [6.45, 7) is 3.82. The van der Waals surface area contributed by atoms with E-state index in [0.29, 0.717) is 0 Å². The monoisotopic (exact) mass is 295 g/mol. The summed E-state index contributed by atoms with van der Waals surface area (Å²) >= 11 is 3.44. The summed E-state index contributed by atoms with van der Waals surface area (Å²) in [5, 5.41) is 13.1. The minimum absolute atomic E-state index is 0.0225. The first-order chi connectivity index (χ1) is 8.00. The maximum atomic E-state index is 10.7. The van der Waals surface area contributed by atoms with E-state index in [1.165, 1.54) is 12.3 Å². The van der Waals surface area contributed by atoms with Gasteiger partial charge in [-0.3, -0.25) is 0 Å². The Hall–Kier alpha value is -1.69. The van der Waals surface area contributed by atoms with Crippen LogP contribution in [0.4, 0.5) is 0 Å². The lowest BCUT2D eigenvalue weighted by Crippen LogP contribution is -2.03. The first kappa shape index (κ1) is 11.8. The molecule has 0 spiro atoms. The van der Waals surface area contributed by atoms with E-state index in [0.717, 1.165) is 21.5 Å². The summed E-state index contributed by atoms with van der Waals surface area (Å²) in [4.78, 5) is 14.5. The Morgan fingerprint density at radius 1 is 1.41 bits per heavy atom. The molecule has 5 nitrogen and oxygen atoms in total. The average Bonchev–Trinajstić information content (AvgIpc) is 2.57. The van der Waals surface area contributed by atoms with Crippen molar-refractivity contribution in [1.29, 1.82) is 0 Å². The number of carboxylic acids is 1. The van der Waals surface area contributed by atoms with Crippen LogP contribution in [-0.4, -0.2) is 25.8 Å². The number of pyridine rings is 1. The van der Waals surface area contributed by atoms with Crippen LogP contribution >= 0.6 is 15.9 Å². The van der Waals surface area contributed by atoms with Gasteiger partial charge in [-0.2, -0.15) is 5.10 Å². The Morgan fingerprint density at radius 3 is 2.53 bits per heavy atom. The molecule has 88 valence electrons. The molecule has 0 aliphatic heterocycles. The fourth-order valence-corrected chi connectivity index (χ4v) is 1.76.